The Morgan fingerprint density at radius 1 is 1.64 bits per heavy atom. The lowest BCUT2D eigenvalue weighted by Crippen LogP contribution is -1.99. The molecule has 0 aromatic heterocycles. The van der Waals surface area contributed by atoms with E-state index in [-0.39, 0.29) is 5.92 Å². The third-order valence-corrected chi connectivity index (χ3v) is 2.38. The van der Waals surface area contributed by atoms with Crippen LogP contribution < -0.4 is 0 Å². The molecule has 1 aliphatic carbocycles. The number of rotatable bonds is 1. The first kappa shape index (κ1) is 8.64. The van der Waals surface area contributed by atoms with Crippen LogP contribution in [0.3, 0.4) is 0 Å². The Morgan fingerprint density at radius 2 is 2.36 bits per heavy atom. The van der Waals surface area contributed by atoms with Crippen LogP contribution in [0.5, 0.6) is 0 Å². The van der Waals surface area contributed by atoms with Crippen molar-refractivity contribution in [1.82, 2.24) is 0 Å². The van der Waals surface area contributed by atoms with Gasteiger partial charge in [0.15, 0.2) is 0 Å². The first-order valence-electron chi connectivity index (χ1n) is 3.33. The van der Waals surface area contributed by atoms with Gasteiger partial charge in [-0.1, -0.05) is 29.3 Å². The molecule has 1 atom stereocenters. The Kier molecular flexibility index (Phi) is 2.99. The topological polar surface area (TPSA) is 23.8 Å². The number of hydrogen-bond donors (Lipinski definition) is 0. The van der Waals surface area contributed by atoms with Crippen molar-refractivity contribution in [1.29, 1.82) is 5.26 Å². The SMILES string of the molecule is N#CCC1C=CC(Cl)=C(Cl)C1. The van der Waals surface area contributed by atoms with Gasteiger partial charge >= 0.3 is 0 Å². The number of halogens is 2. The third kappa shape index (κ3) is 2.25. The van der Waals surface area contributed by atoms with E-state index in [4.69, 9.17) is 28.5 Å². The van der Waals surface area contributed by atoms with Gasteiger partial charge in [-0.15, -0.1) is 0 Å². The molecule has 0 N–H and O–H groups in total. The molecule has 0 fully saturated rings. The van der Waals surface area contributed by atoms with E-state index in [0.29, 0.717) is 22.9 Å². The molecule has 0 radical (unpaired) electrons. The van der Waals surface area contributed by atoms with E-state index in [1.54, 1.807) is 6.08 Å². The van der Waals surface area contributed by atoms with E-state index in [0.717, 1.165) is 0 Å². The highest BCUT2D eigenvalue weighted by Gasteiger charge is 2.12. The van der Waals surface area contributed by atoms with Crippen molar-refractivity contribution >= 4 is 23.2 Å². The molecule has 1 aliphatic rings. The van der Waals surface area contributed by atoms with Gasteiger partial charge in [0, 0.05) is 11.5 Å². The Bertz CT molecular complexity index is 247. The van der Waals surface area contributed by atoms with Crippen molar-refractivity contribution in [2.24, 2.45) is 5.92 Å². The molecular weight excluding hydrogens is 181 g/mol. The predicted molar refractivity (Wildman–Crippen MR) is 46.2 cm³/mol. The summed E-state index contributed by atoms with van der Waals surface area (Å²) < 4.78 is 0. The zero-order chi connectivity index (χ0) is 8.27. The standard InChI is InChI=1S/C8H7Cl2N/c9-7-2-1-6(3-4-11)5-8(7)10/h1-2,6H,3,5H2. The third-order valence-electron chi connectivity index (χ3n) is 1.57. The van der Waals surface area contributed by atoms with Crippen molar-refractivity contribution in [3.63, 3.8) is 0 Å². The molecule has 1 nitrogen and oxygen atoms in total. The summed E-state index contributed by atoms with van der Waals surface area (Å²) in [6.45, 7) is 0. The molecular formula is C8H7Cl2N. The minimum atomic E-state index is 0.245. The maximum atomic E-state index is 8.39. The van der Waals surface area contributed by atoms with Gasteiger partial charge in [0.1, 0.15) is 0 Å². The van der Waals surface area contributed by atoms with E-state index >= 15 is 0 Å². The summed E-state index contributed by atoms with van der Waals surface area (Å²) in [7, 11) is 0. The first-order valence-corrected chi connectivity index (χ1v) is 4.09. The van der Waals surface area contributed by atoms with Crippen molar-refractivity contribution < 1.29 is 0 Å². The van der Waals surface area contributed by atoms with E-state index < -0.39 is 0 Å². The Labute approximate surface area is 75.9 Å². The summed E-state index contributed by atoms with van der Waals surface area (Å²) in [6.07, 6.45) is 4.90. The molecule has 0 aromatic rings. The lowest BCUT2D eigenvalue weighted by molar-refractivity contribution is 0.667. The summed E-state index contributed by atoms with van der Waals surface area (Å²) in [5.41, 5.74) is 0. The van der Waals surface area contributed by atoms with Gasteiger partial charge in [0.2, 0.25) is 0 Å². The second kappa shape index (κ2) is 3.80. The van der Waals surface area contributed by atoms with Crippen LogP contribution in [0.4, 0.5) is 0 Å². The summed E-state index contributed by atoms with van der Waals surface area (Å²) in [6, 6.07) is 2.10. The van der Waals surface area contributed by atoms with Crippen LogP contribution in [0.1, 0.15) is 12.8 Å². The van der Waals surface area contributed by atoms with Crippen LogP contribution in [0.25, 0.3) is 0 Å². The normalized spacial score (nSPS) is 23.5. The summed E-state index contributed by atoms with van der Waals surface area (Å²) in [5, 5.41) is 9.65. The molecule has 58 valence electrons. The Hall–Kier alpha value is -0.450. The first-order chi connectivity index (χ1) is 5.24. The summed E-state index contributed by atoms with van der Waals surface area (Å²) in [4.78, 5) is 0. The molecule has 0 bridgehead atoms. The molecule has 0 saturated heterocycles. The Morgan fingerprint density at radius 3 is 2.91 bits per heavy atom. The highest BCUT2D eigenvalue weighted by Crippen LogP contribution is 2.29. The second-order valence-electron chi connectivity index (χ2n) is 2.44. The molecule has 0 amide bonds. The van der Waals surface area contributed by atoms with Gasteiger partial charge in [-0.05, 0) is 18.4 Å². The number of nitrogens with zero attached hydrogens (tertiary/aromatic N) is 1. The molecule has 3 heteroatoms. The number of hydrogen-bond acceptors (Lipinski definition) is 1. The largest absolute Gasteiger partial charge is 0.198 e. The predicted octanol–water partition coefficient (Wildman–Crippen LogP) is 3.17. The van der Waals surface area contributed by atoms with Gasteiger partial charge in [-0.2, -0.15) is 5.26 Å². The lowest BCUT2D eigenvalue weighted by atomic mass is 9.98. The van der Waals surface area contributed by atoms with E-state index in [9.17, 15) is 0 Å². The molecule has 0 aliphatic heterocycles. The smallest absolute Gasteiger partial charge is 0.0628 e. The van der Waals surface area contributed by atoms with Crippen LogP contribution in [0, 0.1) is 17.2 Å². The maximum absolute atomic E-state index is 8.39. The van der Waals surface area contributed by atoms with E-state index in [2.05, 4.69) is 6.07 Å². The summed E-state index contributed by atoms with van der Waals surface area (Å²) in [5.74, 6) is 0.245. The van der Waals surface area contributed by atoms with Gasteiger partial charge < -0.3 is 0 Å². The zero-order valence-corrected chi connectivity index (χ0v) is 7.36. The van der Waals surface area contributed by atoms with Crippen molar-refractivity contribution in [2.45, 2.75) is 12.8 Å². The fraction of sp³-hybridized carbons (Fsp3) is 0.375. The average Bonchev–Trinajstić information content (AvgIpc) is 1.98. The highest BCUT2D eigenvalue weighted by atomic mass is 35.5. The second-order valence-corrected chi connectivity index (χ2v) is 3.30. The fourth-order valence-electron chi connectivity index (χ4n) is 0.964. The van der Waals surface area contributed by atoms with Crippen molar-refractivity contribution in [2.75, 3.05) is 0 Å². The molecule has 1 unspecified atom stereocenters. The van der Waals surface area contributed by atoms with Crippen LogP contribution in [-0.4, -0.2) is 0 Å². The van der Waals surface area contributed by atoms with Crippen LogP contribution >= 0.6 is 23.2 Å². The quantitative estimate of drug-likeness (QED) is 0.619. The summed E-state index contributed by atoms with van der Waals surface area (Å²) >= 11 is 11.5. The zero-order valence-electron chi connectivity index (χ0n) is 5.85. The van der Waals surface area contributed by atoms with Crippen LogP contribution in [0.15, 0.2) is 22.2 Å². The van der Waals surface area contributed by atoms with Crippen molar-refractivity contribution in [3.8, 4) is 6.07 Å². The van der Waals surface area contributed by atoms with Gasteiger partial charge in [0.25, 0.3) is 0 Å². The molecule has 11 heavy (non-hydrogen) atoms. The molecule has 0 saturated carbocycles. The lowest BCUT2D eigenvalue weighted by Gasteiger charge is -2.12. The number of nitriles is 1. The fourth-order valence-corrected chi connectivity index (χ4v) is 1.38. The van der Waals surface area contributed by atoms with Gasteiger partial charge in [-0.25, -0.2) is 0 Å². The Balaban J connectivity index is 2.61. The van der Waals surface area contributed by atoms with Crippen LogP contribution in [-0.2, 0) is 0 Å². The molecule has 0 spiro atoms. The number of allylic oxidation sites excluding steroid dienone is 4. The molecule has 1 rings (SSSR count). The average molecular weight is 188 g/mol. The van der Waals surface area contributed by atoms with Crippen molar-refractivity contribution in [3.05, 3.63) is 22.2 Å². The van der Waals surface area contributed by atoms with Gasteiger partial charge in [0.05, 0.1) is 11.1 Å². The minimum absolute atomic E-state index is 0.245. The van der Waals surface area contributed by atoms with E-state index in [1.165, 1.54) is 0 Å². The maximum Gasteiger partial charge on any atom is 0.0628 e. The molecule has 0 heterocycles. The minimum Gasteiger partial charge on any atom is -0.198 e. The van der Waals surface area contributed by atoms with Gasteiger partial charge in [-0.3, -0.25) is 0 Å². The molecule has 0 aromatic carbocycles. The van der Waals surface area contributed by atoms with Crippen LogP contribution in [0.2, 0.25) is 0 Å². The monoisotopic (exact) mass is 187 g/mol. The highest BCUT2D eigenvalue weighted by molar-refractivity contribution is 6.40. The van der Waals surface area contributed by atoms with E-state index in [1.807, 2.05) is 6.08 Å².